The number of hydrogen-bond acceptors (Lipinski definition) is 4. The van der Waals surface area contributed by atoms with Gasteiger partial charge in [-0.05, 0) is 6.42 Å². The number of thioether (sulfide) groups is 1. The monoisotopic (exact) mass is 285 g/mol. The van der Waals surface area contributed by atoms with Crippen LogP contribution in [0.25, 0.3) is 0 Å². The number of aromatic nitrogens is 2. The average Bonchev–Trinajstić information content (AvgIpc) is 2.49. The Morgan fingerprint density at radius 3 is 2.94 bits per heavy atom. The molecular formula is C12H16ClN3OS. The van der Waals surface area contributed by atoms with Gasteiger partial charge >= 0.3 is 0 Å². The second kappa shape index (κ2) is 5.45. The van der Waals surface area contributed by atoms with E-state index in [4.69, 9.17) is 11.6 Å². The third kappa shape index (κ3) is 3.36. The number of nitrogens with zero attached hydrogens (tertiary/aromatic N) is 3. The summed E-state index contributed by atoms with van der Waals surface area (Å²) in [5.41, 5.74) is 0.326. The van der Waals surface area contributed by atoms with Gasteiger partial charge in [-0.15, -0.1) is 0 Å². The summed E-state index contributed by atoms with van der Waals surface area (Å²) >= 11 is 7.66. The van der Waals surface area contributed by atoms with E-state index in [9.17, 15) is 4.79 Å². The molecule has 1 aliphatic rings. The fraction of sp³-hybridized carbons (Fsp3) is 0.583. The van der Waals surface area contributed by atoms with Gasteiger partial charge in [-0.25, -0.2) is 4.98 Å². The number of hydrogen-bond donors (Lipinski definition) is 0. The molecule has 0 atom stereocenters. The highest BCUT2D eigenvalue weighted by Gasteiger charge is 2.27. The van der Waals surface area contributed by atoms with Crippen LogP contribution in [0.15, 0.2) is 12.4 Å². The van der Waals surface area contributed by atoms with Crippen LogP contribution in [0.2, 0.25) is 5.15 Å². The Kier molecular flexibility index (Phi) is 4.12. The van der Waals surface area contributed by atoms with Crippen LogP contribution in [-0.2, 0) is 0 Å². The molecule has 0 aromatic carbocycles. The van der Waals surface area contributed by atoms with Crippen LogP contribution in [0.4, 0.5) is 0 Å². The Labute approximate surface area is 116 Å². The maximum Gasteiger partial charge on any atom is 0.274 e. The van der Waals surface area contributed by atoms with Gasteiger partial charge in [-0.1, -0.05) is 25.4 Å². The van der Waals surface area contributed by atoms with Gasteiger partial charge < -0.3 is 4.90 Å². The molecule has 1 aromatic heterocycles. The smallest absolute Gasteiger partial charge is 0.274 e. The first-order valence-electron chi connectivity index (χ1n) is 5.89. The minimum atomic E-state index is -0.0803. The van der Waals surface area contributed by atoms with Crippen LogP contribution >= 0.6 is 23.4 Å². The van der Waals surface area contributed by atoms with E-state index < -0.39 is 0 Å². The maximum absolute atomic E-state index is 12.3. The molecule has 0 spiro atoms. The third-order valence-corrected chi connectivity index (χ3v) is 4.50. The van der Waals surface area contributed by atoms with E-state index in [0.717, 1.165) is 25.3 Å². The normalized spacial score (nSPS) is 19.4. The highest BCUT2D eigenvalue weighted by Crippen LogP contribution is 2.30. The van der Waals surface area contributed by atoms with Crippen molar-refractivity contribution < 1.29 is 4.79 Å². The fourth-order valence-electron chi connectivity index (χ4n) is 1.83. The van der Waals surface area contributed by atoms with Gasteiger partial charge in [0, 0.05) is 23.6 Å². The molecule has 0 bridgehead atoms. The molecular weight excluding hydrogens is 270 g/mol. The first kappa shape index (κ1) is 13.6. The number of carbonyl (C=O) groups excluding carboxylic acids is 1. The summed E-state index contributed by atoms with van der Waals surface area (Å²) in [5, 5.41) is 0.255. The molecule has 2 rings (SSSR count). The van der Waals surface area contributed by atoms with Crippen LogP contribution in [-0.4, -0.2) is 44.4 Å². The van der Waals surface area contributed by atoms with E-state index in [-0.39, 0.29) is 15.8 Å². The Morgan fingerprint density at radius 1 is 1.44 bits per heavy atom. The largest absolute Gasteiger partial charge is 0.336 e. The zero-order valence-electron chi connectivity index (χ0n) is 10.5. The lowest BCUT2D eigenvalue weighted by Crippen LogP contribution is -2.34. The van der Waals surface area contributed by atoms with Crippen LogP contribution < -0.4 is 0 Å². The third-order valence-electron chi connectivity index (χ3n) is 2.95. The van der Waals surface area contributed by atoms with Crippen LogP contribution in [0.5, 0.6) is 0 Å². The molecule has 1 amide bonds. The minimum absolute atomic E-state index is 0.0803. The van der Waals surface area contributed by atoms with Gasteiger partial charge in [-0.3, -0.25) is 9.78 Å². The van der Waals surface area contributed by atoms with Crippen molar-refractivity contribution in [2.45, 2.75) is 25.0 Å². The van der Waals surface area contributed by atoms with Crippen LogP contribution in [0.1, 0.15) is 30.8 Å². The highest BCUT2D eigenvalue weighted by molar-refractivity contribution is 8.00. The minimum Gasteiger partial charge on any atom is -0.336 e. The van der Waals surface area contributed by atoms with Crippen LogP contribution in [0, 0.1) is 0 Å². The SMILES string of the molecule is CC1(C)CCN(C(=O)c2cncc(Cl)n2)CCS1. The lowest BCUT2D eigenvalue weighted by Gasteiger charge is -2.22. The topological polar surface area (TPSA) is 46.1 Å². The molecule has 0 N–H and O–H groups in total. The summed E-state index contributed by atoms with van der Waals surface area (Å²) in [5.74, 6) is 0.871. The molecule has 4 nitrogen and oxygen atoms in total. The van der Waals surface area contributed by atoms with Gasteiger partial charge in [0.05, 0.1) is 12.4 Å². The number of amides is 1. The lowest BCUT2D eigenvalue weighted by molar-refractivity contribution is 0.0758. The van der Waals surface area contributed by atoms with Crippen molar-refractivity contribution in [1.82, 2.24) is 14.9 Å². The van der Waals surface area contributed by atoms with E-state index in [1.807, 2.05) is 16.7 Å². The summed E-state index contributed by atoms with van der Waals surface area (Å²) in [6.45, 7) is 5.93. The van der Waals surface area contributed by atoms with Gasteiger partial charge in [0.15, 0.2) is 0 Å². The van der Waals surface area contributed by atoms with Crippen molar-refractivity contribution >= 4 is 29.3 Å². The molecule has 0 unspecified atom stereocenters. The van der Waals surface area contributed by atoms with E-state index in [2.05, 4.69) is 23.8 Å². The fourth-order valence-corrected chi connectivity index (χ4v) is 3.08. The van der Waals surface area contributed by atoms with Crippen molar-refractivity contribution in [3.63, 3.8) is 0 Å². The molecule has 1 fully saturated rings. The molecule has 6 heteroatoms. The zero-order valence-corrected chi connectivity index (χ0v) is 12.1. The van der Waals surface area contributed by atoms with Crippen LogP contribution in [0.3, 0.4) is 0 Å². The lowest BCUT2D eigenvalue weighted by atomic mass is 10.1. The second-order valence-corrected chi connectivity index (χ2v) is 7.07. The standard InChI is InChI=1S/C12H16ClN3OS/c1-12(2)3-4-16(5-6-18-12)11(17)9-7-14-8-10(13)15-9/h7-8H,3-6H2,1-2H3. The molecule has 1 saturated heterocycles. The second-order valence-electron chi connectivity index (χ2n) is 4.88. The zero-order chi connectivity index (χ0) is 13.2. The Bertz CT molecular complexity index is 453. The van der Waals surface area contributed by atoms with Crippen molar-refractivity contribution in [3.8, 4) is 0 Å². The molecule has 2 heterocycles. The number of carbonyl (C=O) groups is 1. The van der Waals surface area contributed by atoms with Crippen molar-refractivity contribution in [3.05, 3.63) is 23.2 Å². The first-order chi connectivity index (χ1) is 8.48. The van der Waals surface area contributed by atoms with E-state index in [1.54, 1.807) is 0 Å². The predicted molar refractivity (Wildman–Crippen MR) is 74.1 cm³/mol. The first-order valence-corrected chi connectivity index (χ1v) is 7.25. The highest BCUT2D eigenvalue weighted by atomic mass is 35.5. The summed E-state index contributed by atoms with van der Waals surface area (Å²) < 4.78 is 0.231. The maximum atomic E-state index is 12.3. The Balaban J connectivity index is 2.10. The number of rotatable bonds is 1. The van der Waals surface area contributed by atoms with Gasteiger partial charge in [0.2, 0.25) is 0 Å². The molecule has 0 radical (unpaired) electrons. The molecule has 0 saturated carbocycles. The summed E-state index contributed by atoms with van der Waals surface area (Å²) in [4.78, 5) is 22.0. The summed E-state index contributed by atoms with van der Waals surface area (Å²) in [6, 6.07) is 0. The summed E-state index contributed by atoms with van der Waals surface area (Å²) in [7, 11) is 0. The summed E-state index contributed by atoms with van der Waals surface area (Å²) in [6.07, 6.45) is 3.88. The van der Waals surface area contributed by atoms with Gasteiger partial charge in [0.1, 0.15) is 10.8 Å². The number of halogens is 1. The molecule has 0 aliphatic carbocycles. The van der Waals surface area contributed by atoms with E-state index in [0.29, 0.717) is 5.69 Å². The van der Waals surface area contributed by atoms with Crippen molar-refractivity contribution in [2.75, 3.05) is 18.8 Å². The Hall–Kier alpha value is -0.810. The average molecular weight is 286 g/mol. The molecule has 98 valence electrons. The predicted octanol–water partition coefficient (Wildman–Crippen LogP) is 2.49. The molecule has 1 aliphatic heterocycles. The van der Waals surface area contributed by atoms with Crippen molar-refractivity contribution in [1.29, 1.82) is 0 Å². The van der Waals surface area contributed by atoms with Gasteiger partial charge in [0.25, 0.3) is 5.91 Å². The van der Waals surface area contributed by atoms with E-state index in [1.165, 1.54) is 12.4 Å². The molecule has 1 aromatic rings. The van der Waals surface area contributed by atoms with Crippen molar-refractivity contribution in [2.24, 2.45) is 0 Å². The van der Waals surface area contributed by atoms with E-state index >= 15 is 0 Å². The molecule has 18 heavy (non-hydrogen) atoms. The van der Waals surface area contributed by atoms with Gasteiger partial charge in [-0.2, -0.15) is 11.8 Å². The Morgan fingerprint density at radius 2 is 2.22 bits per heavy atom. The quantitative estimate of drug-likeness (QED) is 0.795.